The largest absolute Gasteiger partial charge is 0.359 e. The Morgan fingerprint density at radius 1 is 1.17 bits per heavy atom. The van der Waals surface area contributed by atoms with Gasteiger partial charge in [0.1, 0.15) is 6.54 Å². The lowest BCUT2D eigenvalue weighted by molar-refractivity contribution is -0.121. The average Bonchev–Trinajstić information content (AvgIpc) is 3.15. The van der Waals surface area contributed by atoms with Crippen molar-refractivity contribution in [1.29, 1.82) is 0 Å². The zero-order valence-electron chi connectivity index (χ0n) is 17.3. The Bertz CT molecular complexity index is 732. The standard InChI is InChI=1S/C21H31N5O2.HI/c1-3-23-21(25-11-8-16(9-12-25)14-19(27)22-2)24-15-20(28)26-13-10-17-6-4-5-7-18(17)26;/h4-7,16H,3,8-15H2,1-2H3,(H,22,27)(H,23,24);1H. The van der Waals surface area contributed by atoms with Gasteiger partial charge in [0.2, 0.25) is 11.8 Å². The fourth-order valence-electron chi connectivity index (χ4n) is 3.96. The summed E-state index contributed by atoms with van der Waals surface area (Å²) in [5.41, 5.74) is 2.24. The van der Waals surface area contributed by atoms with Crippen molar-refractivity contribution in [3.05, 3.63) is 29.8 Å². The summed E-state index contributed by atoms with van der Waals surface area (Å²) in [7, 11) is 1.68. The molecule has 7 nitrogen and oxygen atoms in total. The van der Waals surface area contributed by atoms with Gasteiger partial charge in [0, 0.05) is 45.3 Å². The van der Waals surface area contributed by atoms with Crippen molar-refractivity contribution in [2.24, 2.45) is 10.9 Å². The van der Waals surface area contributed by atoms with E-state index in [2.05, 4.69) is 26.6 Å². The first-order valence-electron chi connectivity index (χ1n) is 10.2. The predicted octanol–water partition coefficient (Wildman–Crippen LogP) is 2.01. The molecule has 29 heavy (non-hydrogen) atoms. The van der Waals surface area contributed by atoms with E-state index in [4.69, 9.17) is 0 Å². The molecular formula is C21H32IN5O2. The first-order valence-corrected chi connectivity index (χ1v) is 10.2. The number of nitrogens with zero attached hydrogens (tertiary/aromatic N) is 3. The number of benzene rings is 1. The molecule has 2 amide bonds. The average molecular weight is 513 g/mol. The zero-order chi connectivity index (χ0) is 19.9. The fourth-order valence-corrected chi connectivity index (χ4v) is 3.96. The lowest BCUT2D eigenvalue weighted by Gasteiger charge is -2.34. The lowest BCUT2D eigenvalue weighted by atomic mass is 9.93. The van der Waals surface area contributed by atoms with Gasteiger partial charge in [0.15, 0.2) is 5.96 Å². The van der Waals surface area contributed by atoms with Crippen LogP contribution in [0.1, 0.15) is 31.7 Å². The SMILES string of the molecule is CCNC(=NCC(=O)N1CCc2ccccc21)N1CCC(CC(=O)NC)CC1.I. The van der Waals surface area contributed by atoms with Gasteiger partial charge in [0.05, 0.1) is 0 Å². The van der Waals surface area contributed by atoms with Gasteiger partial charge in [-0.05, 0) is 43.7 Å². The number of amides is 2. The van der Waals surface area contributed by atoms with Crippen LogP contribution in [-0.4, -0.2) is 62.4 Å². The highest BCUT2D eigenvalue weighted by Crippen LogP contribution is 2.27. The van der Waals surface area contributed by atoms with Crippen molar-refractivity contribution in [3.8, 4) is 0 Å². The van der Waals surface area contributed by atoms with E-state index < -0.39 is 0 Å². The zero-order valence-corrected chi connectivity index (χ0v) is 19.6. The highest BCUT2D eigenvalue weighted by atomic mass is 127. The number of aliphatic imine (C=N–C) groups is 1. The van der Waals surface area contributed by atoms with Crippen LogP contribution in [0.5, 0.6) is 0 Å². The summed E-state index contributed by atoms with van der Waals surface area (Å²) in [5, 5.41) is 6.01. The monoisotopic (exact) mass is 513 g/mol. The normalized spacial score (nSPS) is 16.8. The Morgan fingerprint density at radius 2 is 1.90 bits per heavy atom. The van der Waals surface area contributed by atoms with Crippen LogP contribution in [0.2, 0.25) is 0 Å². The maximum atomic E-state index is 12.7. The number of hydrogen-bond acceptors (Lipinski definition) is 3. The second kappa shape index (κ2) is 11.4. The molecule has 1 fully saturated rings. The first kappa shape index (κ1) is 23.4. The van der Waals surface area contributed by atoms with Gasteiger partial charge >= 0.3 is 0 Å². The van der Waals surface area contributed by atoms with E-state index in [0.29, 0.717) is 12.3 Å². The lowest BCUT2D eigenvalue weighted by Crippen LogP contribution is -2.46. The molecule has 0 aliphatic carbocycles. The molecule has 0 spiro atoms. The highest BCUT2D eigenvalue weighted by Gasteiger charge is 2.25. The van der Waals surface area contributed by atoms with Crippen molar-refractivity contribution >= 4 is 47.4 Å². The molecule has 1 saturated heterocycles. The summed E-state index contributed by atoms with van der Waals surface area (Å²) in [6.45, 7) is 5.39. The molecule has 2 heterocycles. The molecule has 0 atom stereocenters. The molecule has 3 rings (SSSR count). The van der Waals surface area contributed by atoms with Crippen molar-refractivity contribution < 1.29 is 9.59 Å². The van der Waals surface area contributed by atoms with Gasteiger partial charge in [-0.3, -0.25) is 9.59 Å². The Balaban J connectivity index is 0.00000300. The number of carbonyl (C=O) groups excluding carboxylic acids is 2. The number of hydrogen-bond donors (Lipinski definition) is 2. The molecule has 0 unspecified atom stereocenters. The number of likely N-dealkylation sites (tertiary alicyclic amines) is 1. The molecule has 160 valence electrons. The Morgan fingerprint density at radius 3 is 2.59 bits per heavy atom. The van der Waals surface area contributed by atoms with Crippen LogP contribution in [0.3, 0.4) is 0 Å². The molecule has 2 aliphatic heterocycles. The molecule has 0 aromatic heterocycles. The minimum absolute atomic E-state index is 0. The molecule has 2 N–H and O–H groups in total. The number of guanidine groups is 1. The van der Waals surface area contributed by atoms with E-state index in [-0.39, 0.29) is 42.3 Å². The quantitative estimate of drug-likeness (QED) is 0.359. The van der Waals surface area contributed by atoms with Crippen molar-refractivity contribution in [3.63, 3.8) is 0 Å². The smallest absolute Gasteiger partial charge is 0.248 e. The summed E-state index contributed by atoms with van der Waals surface area (Å²) in [6, 6.07) is 8.08. The van der Waals surface area contributed by atoms with Crippen LogP contribution < -0.4 is 15.5 Å². The summed E-state index contributed by atoms with van der Waals surface area (Å²) in [4.78, 5) is 33.0. The minimum Gasteiger partial charge on any atom is -0.359 e. The summed E-state index contributed by atoms with van der Waals surface area (Å²) in [6.07, 6.45) is 3.42. The number of halogens is 1. The predicted molar refractivity (Wildman–Crippen MR) is 127 cm³/mol. The maximum Gasteiger partial charge on any atom is 0.248 e. The molecule has 0 bridgehead atoms. The van der Waals surface area contributed by atoms with Gasteiger partial charge in [0.25, 0.3) is 0 Å². The van der Waals surface area contributed by atoms with Crippen LogP contribution in [-0.2, 0) is 16.0 Å². The maximum absolute atomic E-state index is 12.7. The van der Waals surface area contributed by atoms with Gasteiger partial charge < -0.3 is 20.4 Å². The number of carbonyl (C=O) groups is 2. The van der Waals surface area contributed by atoms with Crippen LogP contribution >= 0.6 is 24.0 Å². The molecule has 2 aliphatic rings. The number of piperidine rings is 1. The number of nitrogens with one attached hydrogen (secondary N) is 2. The van der Waals surface area contributed by atoms with Crippen LogP contribution in [0, 0.1) is 5.92 Å². The Hall–Kier alpha value is -1.84. The molecule has 0 radical (unpaired) electrons. The van der Waals surface area contributed by atoms with Crippen molar-refractivity contribution in [2.75, 3.05) is 44.7 Å². The topological polar surface area (TPSA) is 77.0 Å². The molecule has 1 aromatic carbocycles. The number of para-hydroxylation sites is 1. The third-order valence-electron chi connectivity index (χ3n) is 5.55. The third-order valence-corrected chi connectivity index (χ3v) is 5.55. The number of fused-ring (bicyclic) bond motifs is 1. The second-order valence-electron chi connectivity index (χ2n) is 7.40. The van der Waals surface area contributed by atoms with Gasteiger partial charge in [-0.1, -0.05) is 18.2 Å². The molecule has 8 heteroatoms. The van der Waals surface area contributed by atoms with E-state index in [1.54, 1.807) is 7.05 Å². The van der Waals surface area contributed by atoms with Gasteiger partial charge in [-0.15, -0.1) is 24.0 Å². The van der Waals surface area contributed by atoms with E-state index in [1.165, 1.54) is 5.56 Å². The summed E-state index contributed by atoms with van der Waals surface area (Å²) < 4.78 is 0. The minimum atomic E-state index is 0. The van der Waals surface area contributed by atoms with E-state index in [9.17, 15) is 9.59 Å². The molecule has 1 aromatic rings. The van der Waals surface area contributed by atoms with E-state index in [1.807, 2.05) is 30.0 Å². The first-order chi connectivity index (χ1) is 13.6. The van der Waals surface area contributed by atoms with E-state index >= 15 is 0 Å². The Labute approximate surface area is 190 Å². The Kier molecular flexibility index (Phi) is 9.19. The number of anilines is 1. The second-order valence-corrected chi connectivity index (χ2v) is 7.40. The molecule has 0 saturated carbocycles. The summed E-state index contributed by atoms with van der Waals surface area (Å²) in [5.74, 6) is 1.36. The van der Waals surface area contributed by atoms with Crippen molar-refractivity contribution in [1.82, 2.24) is 15.5 Å². The summed E-state index contributed by atoms with van der Waals surface area (Å²) >= 11 is 0. The highest BCUT2D eigenvalue weighted by molar-refractivity contribution is 14.0. The van der Waals surface area contributed by atoms with E-state index in [0.717, 1.165) is 57.1 Å². The van der Waals surface area contributed by atoms with Gasteiger partial charge in [-0.2, -0.15) is 0 Å². The van der Waals surface area contributed by atoms with Crippen LogP contribution in [0.4, 0.5) is 5.69 Å². The van der Waals surface area contributed by atoms with Gasteiger partial charge in [-0.25, -0.2) is 4.99 Å². The molecular weight excluding hydrogens is 481 g/mol. The van der Waals surface area contributed by atoms with Crippen molar-refractivity contribution in [2.45, 2.75) is 32.6 Å². The fraction of sp³-hybridized carbons (Fsp3) is 0.571. The number of rotatable bonds is 5. The van der Waals surface area contributed by atoms with Crippen LogP contribution in [0.25, 0.3) is 0 Å². The third kappa shape index (κ3) is 6.07. The van der Waals surface area contributed by atoms with Crippen LogP contribution in [0.15, 0.2) is 29.3 Å².